The van der Waals surface area contributed by atoms with Crippen molar-refractivity contribution in [3.63, 3.8) is 0 Å². The highest BCUT2D eigenvalue weighted by Gasteiger charge is 2.40. The SMILES string of the molecule is CC1(OCC(=O)O)CN(c2ccc(C#N)cc2)C1. The molecule has 94 valence electrons. The average Bonchev–Trinajstić information content (AvgIpc) is 2.33. The lowest BCUT2D eigenvalue weighted by Crippen LogP contribution is -2.62. The molecule has 5 heteroatoms. The van der Waals surface area contributed by atoms with E-state index < -0.39 is 11.6 Å². The molecule has 5 nitrogen and oxygen atoms in total. The summed E-state index contributed by atoms with van der Waals surface area (Å²) in [6.07, 6.45) is 0. The molecular weight excluding hydrogens is 232 g/mol. The first kappa shape index (κ1) is 12.4. The third-order valence-corrected chi connectivity index (χ3v) is 2.96. The van der Waals surface area contributed by atoms with Crippen LogP contribution in [0.25, 0.3) is 0 Å². The fourth-order valence-corrected chi connectivity index (χ4v) is 2.02. The summed E-state index contributed by atoms with van der Waals surface area (Å²) in [5, 5.41) is 17.3. The van der Waals surface area contributed by atoms with Gasteiger partial charge in [0.2, 0.25) is 0 Å². The van der Waals surface area contributed by atoms with Crippen molar-refractivity contribution in [1.29, 1.82) is 5.26 Å². The summed E-state index contributed by atoms with van der Waals surface area (Å²) in [4.78, 5) is 12.5. The molecule has 1 aromatic carbocycles. The Kier molecular flexibility index (Phi) is 3.21. The van der Waals surface area contributed by atoms with Crippen molar-refractivity contribution >= 4 is 11.7 Å². The number of carbonyl (C=O) groups is 1. The number of nitriles is 1. The molecule has 2 rings (SSSR count). The molecule has 1 aliphatic rings. The van der Waals surface area contributed by atoms with Crippen LogP contribution in [0.3, 0.4) is 0 Å². The second-order valence-electron chi connectivity index (χ2n) is 4.65. The van der Waals surface area contributed by atoms with Crippen molar-refractivity contribution in [3.05, 3.63) is 29.8 Å². The highest BCUT2D eigenvalue weighted by molar-refractivity contribution is 5.68. The maximum atomic E-state index is 10.4. The fourth-order valence-electron chi connectivity index (χ4n) is 2.02. The number of benzene rings is 1. The molecule has 1 fully saturated rings. The molecule has 0 aromatic heterocycles. The predicted octanol–water partition coefficient (Wildman–Crippen LogP) is 1.24. The molecular formula is C13H14N2O3. The van der Waals surface area contributed by atoms with E-state index in [4.69, 9.17) is 15.1 Å². The van der Waals surface area contributed by atoms with Crippen molar-refractivity contribution in [2.75, 3.05) is 24.6 Å². The summed E-state index contributed by atoms with van der Waals surface area (Å²) >= 11 is 0. The molecule has 0 spiro atoms. The van der Waals surface area contributed by atoms with Crippen molar-refractivity contribution in [2.24, 2.45) is 0 Å². The van der Waals surface area contributed by atoms with E-state index in [1.54, 1.807) is 12.1 Å². The minimum Gasteiger partial charge on any atom is -0.480 e. The summed E-state index contributed by atoms with van der Waals surface area (Å²) in [6.45, 7) is 2.95. The van der Waals surface area contributed by atoms with E-state index in [2.05, 4.69) is 11.0 Å². The number of carboxylic acids is 1. The quantitative estimate of drug-likeness (QED) is 0.865. The first-order chi connectivity index (χ1) is 8.52. The highest BCUT2D eigenvalue weighted by Crippen LogP contribution is 2.30. The number of hydrogen-bond acceptors (Lipinski definition) is 4. The number of nitrogens with zero attached hydrogens (tertiary/aromatic N) is 2. The average molecular weight is 246 g/mol. The molecule has 1 aromatic rings. The van der Waals surface area contributed by atoms with Crippen molar-refractivity contribution in [3.8, 4) is 6.07 Å². The zero-order valence-corrected chi connectivity index (χ0v) is 10.1. The van der Waals surface area contributed by atoms with Gasteiger partial charge in [-0.1, -0.05) is 0 Å². The number of rotatable bonds is 4. The van der Waals surface area contributed by atoms with E-state index >= 15 is 0 Å². The molecule has 1 saturated heterocycles. The van der Waals surface area contributed by atoms with Gasteiger partial charge in [0.1, 0.15) is 12.2 Å². The van der Waals surface area contributed by atoms with Gasteiger partial charge in [0.25, 0.3) is 0 Å². The van der Waals surface area contributed by atoms with Gasteiger partial charge >= 0.3 is 5.97 Å². The van der Waals surface area contributed by atoms with Crippen LogP contribution in [0.2, 0.25) is 0 Å². The van der Waals surface area contributed by atoms with Gasteiger partial charge in [0.05, 0.1) is 11.6 Å². The number of carboxylic acid groups (broad SMARTS) is 1. The normalized spacial score (nSPS) is 16.8. The maximum Gasteiger partial charge on any atom is 0.329 e. The lowest BCUT2D eigenvalue weighted by atomic mass is 9.95. The number of ether oxygens (including phenoxy) is 1. The molecule has 0 aliphatic carbocycles. The van der Waals surface area contributed by atoms with Crippen LogP contribution in [0.5, 0.6) is 0 Å². The van der Waals surface area contributed by atoms with Gasteiger partial charge in [0, 0.05) is 18.8 Å². The van der Waals surface area contributed by atoms with Gasteiger partial charge in [-0.05, 0) is 31.2 Å². The first-order valence-electron chi connectivity index (χ1n) is 5.63. The van der Waals surface area contributed by atoms with Gasteiger partial charge in [-0.2, -0.15) is 5.26 Å². The molecule has 0 atom stereocenters. The maximum absolute atomic E-state index is 10.4. The second kappa shape index (κ2) is 4.67. The zero-order valence-electron chi connectivity index (χ0n) is 10.1. The molecule has 0 unspecified atom stereocenters. The number of anilines is 1. The Balaban J connectivity index is 1.91. The largest absolute Gasteiger partial charge is 0.480 e. The van der Waals surface area contributed by atoms with Gasteiger partial charge < -0.3 is 14.7 Å². The van der Waals surface area contributed by atoms with Gasteiger partial charge in [-0.15, -0.1) is 0 Å². The Bertz CT molecular complexity index is 484. The van der Waals surface area contributed by atoms with Crippen LogP contribution in [0.4, 0.5) is 5.69 Å². The molecule has 18 heavy (non-hydrogen) atoms. The smallest absolute Gasteiger partial charge is 0.329 e. The summed E-state index contributed by atoms with van der Waals surface area (Å²) in [6, 6.07) is 9.37. The van der Waals surface area contributed by atoms with Crippen molar-refractivity contribution in [2.45, 2.75) is 12.5 Å². The third kappa shape index (κ3) is 2.60. The Labute approximate surface area is 105 Å². The lowest BCUT2D eigenvalue weighted by Gasteiger charge is -2.48. The monoisotopic (exact) mass is 246 g/mol. The Morgan fingerprint density at radius 3 is 2.61 bits per heavy atom. The van der Waals surface area contributed by atoms with Crippen LogP contribution in [0.1, 0.15) is 12.5 Å². The molecule has 0 amide bonds. The first-order valence-corrected chi connectivity index (χ1v) is 5.63. The van der Waals surface area contributed by atoms with E-state index in [1.807, 2.05) is 19.1 Å². The molecule has 0 radical (unpaired) electrons. The predicted molar refractivity (Wildman–Crippen MR) is 65.4 cm³/mol. The molecule has 0 saturated carbocycles. The third-order valence-electron chi connectivity index (χ3n) is 2.96. The van der Waals surface area contributed by atoms with Crippen LogP contribution in [0.15, 0.2) is 24.3 Å². The number of hydrogen-bond donors (Lipinski definition) is 1. The summed E-state index contributed by atoms with van der Waals surface area (Å²) in [5.41, 5.74) is 1.25. The van der Waals surface area contributed by atoms with E-state index in [0.29, 0.717) is 18.7 Å². The zero-order chi connectivity index (χ0) is 13.2. The Hall–Kier alpha value is -2.06. The summed E-state index contributed by atoms with van der Waals surface area (Å²) < 4.78 is 5.33. The van der Waals surface area contributed by atoms with E-state index in [1.165, 1.54) is 0 Å². The molecule has 0 bridgehead atoms. The summed E-state index contributed by atoms with van der Waals surface area (Å²) in [7, 11) is 0. The Morgan fingerprint density at radius 2 is 2.11 bits per heavy atom. The highest BCUT2D eigenvalue weighted by atomic mass is 16.5. The van der Waals surface area contributed by atoms with Crippen molar-refractivity contribution in [1.82, 2.24) is 0 Å². The van der Waals surface area contributed by atoms with Gasteiger partial charge in [-0.3, -0.25) is 0 Å². The van der Waals surface area contributed by atoms with E-state index in [9.17, 15) is 4.79 Å². The van der Waals surface area contributed by atoms with Crippen LogP contribution in [-0.4, -0.2) is 36.4 Å². The van der Waals surface area contributed by atoms with Gasteiger partial charge in [-0.25, -0.2) is 4.79 Å². The fraction of sp³-hybridized carbons (Fsp3) is 0.385. The van der Waals surface area contributed by atoms with E-state index in [-0.39, 0.29) is 6.61 Å². The van der Waals surface area contributed by atoms with Crippen LogP contribution in [-0.2, 0) is 9.53 Å². The van der Waals surface area contributed by atoms with Gasteiger partial charge in [0.15, 0.2) is 0 Å². The van der Waals surface area contributed by atoms with E-state index in [0.717, 1.165) is 5.69 Å². The summed E-state index contributed by atoms with van der Waals surface area (Å²) in [5.74, 6) is -0.951. The molecule has 1 aliphatic heterocycles. The van der Waals surface area contributed by atoms with Crippen LogP contribution < -0.4 is 4.90 Å². The molecule has 1 heterocycles. The molecule has 1 N–H and O–H groups in total. The topological polar surface area (TPSA) is 73.6 Å². The van der Waals surface area contributed by atoms with Crippen LogP contribution in [0, 0.1) is 11.3 Å². The minimum absolute atomic E-state index is 0.266. The second-order valence-corrected chi connectivity index (χ2v) is 4.65. The minimum atomic E-state index is -0.951. The van der Waals surface area contributed by atoms with Crippen molar-refractivity contribution < 1.29 is 14.6 Å². The lowest BCUT2D eigenvalue weighted by molar-refractivity contribution is -0.150. The number of aliphatic carboxylic acids is 1. The standard InChI is InChI=1S/C13H14N2O3/c1-13(18-7-12(16)17)8-15(9-13)11-4-2-10(6-14)3-5-11/h2-5H,7-9H2,1H3,(H,16,17). The van der Waals surface area contributed by atoms with Crippen LogP contribution >= 0.6 is 0 Å². The Morgan fingerprint density at radius 1 is 1.50 bits per heavy atom.